The normalized spacial score (nSPS) is 18.6. The molecule has 1 aliphatic carbocycles. The standard InChI is InChI=1S/C19H16Cl2F5N3O/c20-19(21,29-14(30)12-4-2-1-3-5-12)16(6-8-17(22,23)9-7-16)13-10-27-15(28-11-13)18(24,25)26/h1-5,10-11H,6-9H2,(H,29,30). The zero-order chi connectivity index (χ0) is 22.2. The van der Waals surface area contributed by atoms with E-state index in [1.54, 1.807) is 18.2 Å². The molecule has 4 nitrogen and oxygen atoms in total. The van der Waals surface area contributed by atoms with Gasteiger partial charge in [0.1, 0.15) is 0 Å². The van der Waals surface area contributed by atoms with Gasteiger partial charge in [0.05, 0.1) is 5.41 Å². The molecule has 0 radical (unpaired) electrons. The van der Waals surface area contributed by atoms with Crippen molar-refractivity contribution in [1.29, 1.82) is 0 Å². The third kappa shape index (κ3) is 4.51. The van der Waals surface area contributed by atoms with Crippen LogP contribution in [0.5, 0.6) is 0 Å². The molecule has 1 saturated carbocycles. The number of aromatic nitrogens is 2. The Bertz CT molecular complexity index is 895. The summed E-state index contributed by atoms with van der Waals surface area (Å²) < 4.78 is 64.0. The number of halogens is 7. The number of benzene rings is 1. The van der Waals surface area contributed by atoms with Crippen LogP contribution < -0.4 is 5.32 Å². The highest BCUT2D eigenvalue weighted by Crippen LogP contribution is 2.54. The van der Waals surface area contributed by atoms with Crippen LogP contribution in [-0.4, -0.2) is 26.3 Å². The first-order valence-corrected chi connectivity index (χ1v) is 9.65. The van der Waals surface area contributed by atoms with Gasteiger partial charge >= 0.3 is 6.18 Å². The molecule has 1 fully saturated rings. The number of alkyl halides is 7. The van der Waals surface area contributed by atoms with Gasteiger partial charge in [-0.3, -0.25) is 4.79 Å². The summed E-state index contributed by atoms with van der Waals surface area (Å²) >= 11 is 13.0. The van der Waals surface area contributed by atoms with Gasteiger partial charge in [-0.15, -0.1) is 0 Å². The molecule has 0 unspecified atom stereocenters. The second kappa shape index (κ2) is 7.92. The van der Waals surface area contributed by atoms with E-state index in [-0.39, 0.29) is 24.0 Å². The van der Waals surface area contributed by atoms with Crippen LogP contribution in [0.2, 0.25) is 0 Å². The van der Waals surface area contributed by atoms with E-state index in [0.29, 0.717) is 0 Å². The van der Waals surface area contributed by atoms with Crippen molar-refractivity contribution in [3.8, 4) is 0 Å². The smallest absolute Gasteiger partial charge is 0.320 e. The van der Waals surface area contributed by atoms with Gasteiger partial charge in [0.15, 0.2) is 4.46 Å². The van der Waals surface area contributed by atoms with Gasteiger partial charge in [-0.1, -0.05) is 41.4 Å². The van der Waals surface area contributed by atoms with Gasteiger partial charge in [-0.05, 0) is 30.5 Å². The number of hydrogen-bond donors (Lipinski definition) is 1. The van der Waals surface area contributed by atoms with Crippen LogP contribution in [0.1, 0.15) is 47.4 Å². The van der Waals surface area contributed by atoms with Gasteiger partial charge in [-0.2, -0.15) is 13.2 Å². The molecule has 0 bridgehead atoms. The highest BCUT2D eigenvalue weighted by atomic mass is 35.5. The van der Waals surface area contributed by atoms with E-state index in [9.17, 15) is 26.7 Å². The van der Waals surface area contributed by atoms with Gasteiger partial charge < -0.3 is 5.32 Å². The van der Waals surface area contributed by atoms with Gasteiger partial charge in [0, 0.05) is 30.8 Å². The average Bonchev–Trinajstić information content (AvgIpc) is 2.68. The lowest BCUT2D eigenvalue weighted by Gasteiger charge is -2.47. The van der Waals surface area contributed by atoms with Crippen molar-refractivity contribution in [1.82, 2.24) is 15.3 Å². The summed E-state index contributed by atoms with van der Waals surface area (Å²) in [6.07, 6.45) is -4.85. The number of nitrogens with zero attached hydrogens (tertiary/aromatic N) is 2. The Morgan fingerprint density at radius 2 is 1.50 bits per heavy atom. The Morgan fingerprint density at radius 3 is 2.00 bits per heavy atom. The maximum atomic E-state index is 13.8. The monoisotopic (exact) mass is 467 g/mol. The van der Waals surface area contributed by atoms with Gasteiger partial charge in [-0.25, -0.2) is 18.7 Å². The topological polar surface area (TPSA) is 54.9 Å². The molecular weight excluding hydrogens is 452 g/mol. The van der Waals surface area contributed by atoms with Crippen molar-refractivity contribution in [3.63, 3.8) is 0 Å². The van der Waals surface area contributed by atoms with Crippen molar-refractivity contribution >= 4 is 29.1 Å². The zero-order valence-corrected chi connectivity index (χ0v) is 16.8. The Morgan fingerprint density at radius 1 is 0.967 bits per heavy atom. The van der Waals surface area contributed by atoms with Crippen LogP contribution in [0.25, 0.3) is 0 Å². The zero-order valence-electron chi connectivity index (χ0n) is 15.3. The summed E-state index contributed by atoms with van der Waals surface area (Å²) in [7, 11) is 0. The third-order valence-electron chi connectivity index (χ3n) is 5.20. The van der Waals surface area contributed by atoms with E-state index in [0.717, 1.165) is 12.4 Å². The molecule has 1 aromatic carbocycles. The number of carbonyl (C=O) groups is 1. The molecule has 1 heterocycles. The van der Waals surface area contributed by atoms with Crippen molar-refractivity contribution in [2.75, 3.05) is 0 Å². The summed E-state index contributed by atoms with van der Waals surface area (Å²) in [6, 6.07) is 7.92. The summed E-state index contributed by atoms with van der Waals surface area (Å²) in [5.41, 5.74) is -1.26. The molecule has 1 aromatic heterocycles. The lowest BCUT2D eigenvalue weighted by molar-refractivity contribution is -0.145. The quantitative estimate of drug-likeness (QED) is 0.366. The van der Waals surface area contributed by atoms with Crippen LogP contribution in [0.4, 0.5) is 22.0 Å². The molecule has 1 N–H and O–H groups in total. The van der Waals surface area contributed by atoms with Crippen LogP contribution >= 0.6 is 23.2 Å². The molecule has 0 saturated heterocycles. The summed E-state index contributed by atoms with van der Waals surface area (Å²) in [5, 5.41) is 2.42. The van der Waals surface area contributed by atoms with Crippen molar-refractivity contribution < 1.29 is 26.7 Å². The van der Waals surface area contributed by atoms with Crippen LogP contribution in [-0.2, 0) is 11.6 Å². The molecule has 0 spiro atoms. The fourth-order valence-electron chi connectivity index (χ4n) is 3.47. The Balaban J connectivity index is 1.98. The predicted octanol–water partition coefficient (Wildman–Crippen LogP) is 5.50. The average molecular weight is 468 g/mol. The minimum absolute atomic E-state index is 0.0318. The Labute approximate surface area is 178 Å². The molecule has 0 aliphatic heterocycles. The number of amides is 1. The molecule has 162 valence electrons. The summed E-state index contributed by atoms with van der Waals surface area (Å²) in [4.78, 5) is 19.2. The lowest BCUT2D eigenvalue weighted by atomic mass is 9.68. The first-order valence-electron chi connectivity index (χ1n) is 8.89. The second-order valence-electron chi connectivity index (χ2n) is 7.13. The lowest BCUT2D eigenvalue weighted by Crippen LogP contribution is -2.57. The molecule has 30 heavy (non-hydrogen) atoms. The van der Waals surface area contributed by atoms with E-state index < -0.39 is 46.5 Å². The molecular formula is C19H16Cl2F5N3O. The highest BCUT2D eigenvalue weighted by molar-refractivity contribution is 6.50. The van der Waals surface area contributed by atoms with E-state index >= 15 is 0 Å². The van der Waals surface area contributed by atoms with Gasteiger partial charge in [0.2, 0.25) is 11.7 Å². The number of hydrogen-bond acceptors (Lipinski definition) is 3. The summed E-state index contributed by atoms with van der Waals surface area (Å²) in [6.45, 7) is 0. The molecule has 3 rings (SSSR count). The second-order valence-corrected chi connectivity index (χ2v) is 8.45. The van der Waals surface area contributed by atoms with Crippen molar-refractivity contribution in [2.45, 2.75) is 47.7 Å². The van der Waals surface area contributed by atoms with Crippen molar-refractivity contribution in [2.24, 2.45) is 0 Å². The molecule has 0 atom stereocenters. The largest absolute Gasteiger partial charge is 0.451 e. The molecule has 2 aromatic rings. The van der Waals surface area contributed by atoms with Crippen LogP contribution in [0.15, 0.2) is 42.7 Å². The first kappa shape index (κ1) is 22.7. The van der Waals surface area contributed by atoms with E-state index in [4.69, 9.17) is 23.2 Å². The maximum absolute atomic E-state index is 13.8. The molecule has 11 heteroatoms. The Hall–Kier alpha value is -2.00. The Kier molecular flexibility index (Phi) is 5.99. The fourth-order valence-corrected chi connectivity index (χ4v) is 4.24. The first-order chi connectivity index (χ1) is 13.9. The van der Waals surface area contributed by atoms with Crippen LogP contribution in [0.3, 0.4) is 0 Å². The molecule has 1 amide bonds. The SMILES string of the molecule is O=C(NC(Cl)(Cl)C1(c2cnc(C(F)(F)F)nc2)CCC(F)(F)CC1)c1ccccc1. The summed E-state index contributed by atoms with van der Waals surface area (Å²) in [5.74, 6) is -5.03. The van der Waals surface area contributed by atoms with Gasteiger partial charge in [0.25, 0.3) is 5.91 Å². The highest BCUT2D eigenvalue weighted by Gasteiger charge is 2.56. The number of nitrogens with one attached hydrogen (secondary N) is 1. The minimum Gasteiger partial charge on any atom is -0.320 e. The molecule has 1 aliphatic rings. The van der Waals surface area contributed by atoms with E-state index in [1.165, 1.54) is 12.1 Å². The van der Waals surface area contributed by atoms with E-state index in [2.05, 4.69) is 15.3 Å². The third-order valence-corrected chi connectivity index (χ3v) is 6.11. The maximum Gasteiger partial charge on any atom is 0.451 e. The fraction of sp³-hybridized carbons (Fsp3) is 0.421. The minimum atomic E-state index is -4.77. The van der Waals surface area contributed by atoms with E-state index in [1.807, 2.05) is 0 Å². The van der Waals surface area contributed by atoms with Crippen LogP contribution in [0, 0.1) is 0 Å². The predicted molar refractivity (Wildman–Crippen MR) is 100 cm³/mol. The number of rotatable bonds is 4. The number of carbonyl (C=O) groups excluding carboxylic acids is 1. The van der Waals surface area contributed by atoms with Crippen molar-refractivity contribution in [3.05, 3.63) is 59.7 Å².